The van der Waals surface area contributed by atoms with Gasteiger partial charge in [0.2, 0.25) is 0 Å². The zero-order valence-corrected chi connectivity index (χ0v) is 12.1. The lowest BCUT2D eigenvalue weighted by Gasteiger charge is -2.10. The summed E-state index contributed by atoms with van der Waals surface area (Å²) < 4.78 is 23.9. The standard InChI is InChI=1S/C16H17FN2O3/c1-21-12-5-4-6-13(11-12)22-10-9-18-16(20)19-15-8-3-2-7-14(15)17/h2-8,11H,9-10H2,1H3,(H2,18,19,20). The van der Waals surface area contributed by atoms with Gasteiger partial charge >= 0.3 is 6.03 Å². The van der Waals surface area contributed by atoms with E-state index in [-0.39, 0.29) is 18.8 Å². The van der Waals surface area contributed by atoms with Crippen LogP contribution in [0.25, 0.3) is 0 Å². The fourth-order valence-electron chi connectivity index (χ4n) is 1.75. The number of hydrogen-bond donors (Lipinski definition) is 2. The molecule has 2 aromatic carbocycles. The van der Waals surface area contributed by atoms with E-state index in [4.69, 9.17) is 9.47 Å². The molecule has 2 N–H and O–H groups in total. The number of halogens is 1. The summed E-state index contributed by atoms with van der Waals surface area (Å²) in [4.78, 5) is 11.6. The van der Waals surface area contributed by atoms with Crippen LogP contribution in [-0.4, -0.2) is 26.3 Å². The highest BCUT2D eigenvalue weighted by Gasteiger charge is 2.05. The number of carbonyl (C=O) groups is 1. The minimum Gasteiger partial charge on any atom is -0.497 e. The van der Waals surface area contributed by atoms with Gasteiger partial charge in [-0.15, -0.1) is 0 Å². The van der Waals surface area contributed by atoms with E-state index in [1.54, 1.807) is 31.4 Å². The Morgan fingerprint density at radius 3 is 2.68 bits per heavy atom. The smallest absolute Gasteiger partial charge is 0.319 e. The predicted molar refractivity (Wildman–Crippen MR) is 81.9 cm³/mol. The third-order valence-electron chi connectivity index (χ3n) is 2.82. The van der Waals surface area contributed by atoms with Crippen molar-refractivity contribution in [1.29, 1.82) is 0 Å². The third kappa shape index (κ3) is 4.66. The van der Waals surface area contributed by atoms with E-state index < -0.39 is 11.8 Å². The molecule has 0 aliphatic carbocycles. The Balaban J connectivity index is 1.72. The summed E-state index contributed by atoms with van der Waals surface area (Å²) in [5.74, 6) is 0.865. The first-order chi connectivity index (χ1) is 10.7. The quantitative estimate of drug-likeness (QED) is 0.806. The van der Waals surface area contributed by atoms with Crippen LogP contribution in [0.15, 0.2) is 48.5 Å². The maximum atomic E-state index is 13.4. The van der Waals surface area contributed by atoms with Crippen molar-refractivity contribution < 1.29 is 18.7 Å². The summed E-state index contributed by atoms with van der Waals surface area (Å²) in [7, 11) is 1.58. The van der Waals surface area contributed by atoms with Gasteiger partial charge in [-0.3, -0.25) is 0 Å². The molecule has 22 heavy (non-hydrogen) atoms. The van der Waals surface area contributed by atoms with E-state index in [2.05, 4.69) is 10.6 Å². The second-order valence-corrected chi connectivity index (χ2v) is 4.39. The van der Waals surface area contributed by atoms with Crippen molar-refractivity contribution in [2.45, 2.75) is 0 Å². The molecule has 0 atom stereocenters. The number of rotatable bonds is 6. The normalized spacial score (nSPS) is 9.91. The van der Waals surface area contributed by atoms with E-state index in [1.807, 2.05) is 12.1 Å². The first-order valence-electron chi connectivity index (χ1n) is 6.75. The number of amides is 2. The van der Waals surface area contributed by atoms with Crippen molar-refractivity contribution in [3.63, 3.8) is 0 Å². The molecule has 6 heteroatoms. The van der Waals surface area contributed by atoms with Gasteiger partial charge in [-0.2, -0.15) is 0 Å². The van der Waals surface area contributed by atoms with E-state index in [0.717, 1.165) is 0 Å². The van der Waals surface area contributed by atoms with Gasteiger partial charge in [0.1, 0.15) is 23.9 Å². The lowest BCUT2D eigenvalue weighted by Crippen LogP contribution is -2.32. The van der Waals surface area contributed by atoms with Crippen LogP contribution in [0.4, 0.5) is 14.9 Å². The molecular formula is C16H17FN2O3. The minimum atomic E-state index is -0.487. The van der Waals surface area contributed by atoms with Gasteiger partial charge in [-0.25, -0.2) is 9.18 Å². The molecule has 5 nitrogen and oxygen atoms in total. The number of ether oxygens (including phenoxy) is 2. The monoisotopic (exact) mass is 304 g/mol. The molecule has 0 aliphatic rings. The largest absolute Gasteiger partial charge is 0.497 e. The molecule has 0 radical (unpaired) electrons. The van der Waals surface area contributed by atoms with Crippen LogP contribution < -0.4 is 20.1 Å². The molecular weight excluding hydrogens is 287 g/mol. The highest BCUT2D eigenvalue weighted by Crippen LogP contribution is 2.18. The number of benzene rings is 2. The van der Waals surface area contributed by atoms with E-state index in [9.17, 15) is 9.18 Å². The van der Waals surface area contributed by atoms with Crippen LogP contribution in [-0.2, 0) is 0 Å². The van der Waals surface area contributed by atoms with Gasteiger partial charge in [-0.05, 0) is 24.3 Å². The first kappa shape index (κ1) is 15.6. The van der Waals surface area contributed by atoms with Crippen LogP contribution in [0.5, 0.6) is 11.5 Å². The van der Waals surface area contributed by atoms with Gasteiger partial charge in [0.05, 0.1) is 19.3 Å². The molecule has 0 aromatic heterocycles. The molecule has 2 rings (SSSR count). The molecule has 0 spiro atoms. The number of methoxy groups -OCH3 is 1. The van der Waals surface area contributed by atoms with Crippen LogP contribution >= 0.6 is 0 Å². The zero-order valence-electron chi connectivity index (χ0n) is 12.1. The van der Waals surface area contributed by atoms with Crippen molar-refractivity contribution >= 4 is 11.7 Å². The fourth-order valence-corrected chi connectivity index (χ4v) is 1.75. The van der Waals surface area contributed by atoms with Crippen LogP contribution in [0.1, 0.15) is 0 Å². The van der Waals surface area contributed by atoms with E-state index >= 15 is 0 Å². The van der Waals surface area contributed by atoms with Crippen LogP contribution in [0, 0.1) is 5.82 Å². The van der Waals surface area contributed by atoms with Gasteiger partial charge in [0.25, 0.3) is 0 Å². The summed E-state index contributed by atoms with van der Waals surface area (Å²) >= 11 is 0. The Morgan fingerprint density at radius 2 is 1.91 bits per heavy atom. The number of hydrogen-bond acceptors (Lipinski definition) is 3. The van der Waals surface area contributed by atoms with Crippen molar-refractivity contribution in [1.82, 2.24) is 5.32 Å². The summed E-state index contributed by atoms with van der Waals surface area (Å²) in [6, 6.07) is 12.6. The number of carbonyl (C=O) groups excluding carboxylic acids is 1. The maximum absolute atomic E-state index is 13.4. The third-order valence-corrected chi connectivity index (χ3v) is 2.82. The Labute approximate surface area is 128 Å². The first-order valence-corrected chi connectivity index (χ1v) is 6.75. The highest BCUT2D eigenvalue weighted by molar-refractivity contribution is 5.89. The second kappa shape index (κ2) is 7.87. The summed E-state index contributed by atoms with van der Waals surface area (Å²) in [5, 5.41) is 5.01. The number of para-hydroxylation sites is 1. The fraction of sp³-hybridized carbons (Fsp3) is 0.188. The molecule has 0 heterocycles. The molecule has 0 unspecified atom stereocenters. The second-order valence-electron chi connectivity index (χ2n) is 4.39. The minimum absolute atomic E-state index is 0.133. The Morgan fingerprint density at radius 1 is 1.14 bits per heavy atom. The topological polar surface area (TPSA) is 59.6 Å². The zero-order chi connectivity index (χ0) is 15.8. The predicted octanol–water partition coefficient (Wildman–Crippen LogP) is 3.03. The average Bonchev–Trinajstić information content (AvgIpc) is 2.54. The van der Waals surface area contributed by atoms with Crippen molar-refractivity contribution in [2.24, 2.45) is 0 Å². The lowest BCUT2D eigenvalue weighted by molar-refractivity contribution is 0.247. The highest BCUT2D eigenvalue weighted by atomic mass is 19.1. The molecule has 2 aromatic rings. The van der Waals surface area contributed by atoms with Crippen LogP contribution in [0.2, 0.25) is 0 Å². The Bertz CT molecular complexity index is 634. The molecule has 0 bridgehead atoms. The average molecular weight is 304 g/mol. The van der Waals surface area contributed by atoms with Crippen molar-refractivity contribution in [3.05, 3.63) is 54.3 Å². The SMILES string of the molecule is COc1cccc(OCCNC(=O)Nc2ccccc2F)c1. The molecule has 0 aliphatic heterocycles. The molecule has 2 amide bonds. The number of anilines is 1. The number of urea groups is 1. The molecule has 0 saturated heterocycles. The van der Waals surface area contributed by atoms with E-state index in [1.165, 1.54) is 12.1 Å². The van der Waals surface area contributed by atoms with Crippen LogP contribution in [0.3, 0.4) is 0 Å². The molecule has 0 fully saturated rings. The van der Waals surface area contributed by atoms with Crippen molar-refractivity contribution in [2.75, 3.05) is 25.6 Å². The summed E-state index contributed by atoms with van der Waals surface area (Å²) in [6.45, 7) is 0.579. The number of nitrogens with one attached hydrogen (secondary N) is 2. The van der Waals surface area contributed by atoms with Gasteiger partial charge in [0, 0.05) is 6.07 Å². The lowest BCUT2D eigenvalue weighted by atomic mass is 10.3. The van der Waals surface area contributed by atoms with Gasteiger partial charge in [-0.1, -0.05) is 18.2 Å². The summed E-state index contributed by atoms with van der Waals surface area (Å²) in [6.07, 6.45) is 0. The van der Waals surface area contributed by atoms with E-state index in [0.29, 0.717) is 11.5 Å². The molecule has 0 saturated carbocycles. The summed E-state index contributed by atoms with van der Waals surface area (Å²) in [5.41, 5.74) is 0.133. The van der Waals surface area contributed by atoms with Gasteiger partial charge in [0.15, 0.2) is 0 Å². The van der Waals surface area contributed by atoms with Gasteiger partial charge < -0.3 is 20.1 Å². The Kier molecular flexibility index (Phi) is 5.59. The Hall–Kier alpha value is -2.76. The van der Waals surface area contributed by atoms with Crippen molar-refractivity contribution in [3.8, 4) is 11.5 Å². The molecule has 116 valence electrons. The maximum Gasteiger partial charge on any atom is 0.319 e.